The fourth-order valence-electron chi connectivity index (χ4n) is 1.45. The monoisotopic (exact) mass is 195 g/mol. The summed E-state index contributed by atoms with van der Waals surface area (Å²) in [4.78, 5) is 0. The van der Waals surface area contributed by atoms with Crippen LogP contribution in [0.15, 0.2) is 30.3 Å². The van der Waals surface area contributed by atoms with Crippen molar-refractivity contribution in [3.05, 3.63) is 35.9 Å². The second kappa shape index (κ2) is 4.19. The molecule has 3 heteroatoms. The van der Waals surface area contributed by atoms with E-state index in [1.165, 1.54) is 5.56 Å². The second-order valence-electron chi connectivity index (χ2n) is 3.33. The Labute approximate surface area is 80.9 Å². The van der Waals surface area contributed by atoms with Gasteiger partial charge in [0.1, 0.15) is 0 Å². The molecule has 0 aliphatic carbocycles. The van der Waals surface area contributed by atoms with Gasteiger partial charge in [0, 0.05) is 6.04 Å². The van der Waals surface area contributed by atoms with E-state index in [0.717, 1.165) is 13.0 Å². The second-order valence-corrected chi connectivity index (χ2v) is 3.67. The minimum atomic E-state index is 0.415. The van der Waals surface area contributed by atoms with E-state index in [0.29, 0.717) is 12.1 Å². The molecule has 1 heterocycles. The average Bonchev–Trinajstić information content (AvgIpc) is 2.99. The van der Waals surface area contributed by atoms with Crippen LogP contribution in [-0.4, -0.2) is 18.8 Å². The van der Waals surface area contributed by atoms with Crippen LogP contribution < -0.4 is 5.09 Å². The maximum absolute atomic E-state index is 5.26. The molecule has 2 rings (SSSR count). The van der Waals surface area contributed by atoms with E-state index >= 15 is 0 Å². The van der Waals surface area contributed by atoms with Crippen molar-refractivity contribution in [1.82, 2.24) is 5.09 Å². The highest BCUT2D eigenvalue weighted by Gasteiger charge is 2.31. The maximum atomic E-state index is 5.26. The number of nitrogens with one attached hydrogen (secondary N) is 1. The van der Waals surface area contributed by atoms with Gasteiger partial charge in [-0.05, 0) is 12.0 Å². The summed E-state index contributed by atoms with van der Waals surface area (Å²) in [5.74, 6) is 0. The van der Waals surface area contributed by atoms with E-state index in [1.807, 2.05) is 6.07 Å². The molecule has 0 aromatic heterocycles. The molecule has 0 radical (unpaired) electrons. The fraction of sp³-hybridized carbons (Fsp3) is 0.400. The molecule has 1 N–H and O–H groups in total. The Hall–Kier alpha value is -0.430. The van der Waals surface area contributed by atoms with Crippen LogP contribution in [0, 0.1) is 0 Å². The molecule has 3 atom stereocenters. The summed E-state index contributed by atoms with van der Waals surface area (Å²) < 4.78 is 5.26. The van der Waals surface area contributed by atoms with Crippen LogP contribution in [0.4, 0.5) is 0 Å². The minimum Gasteiger partial charge on any atom is -0.371 e. The average molecular weight is 195 g/mol. The highest BCUT2D eigenvalue weighted by molar-refractivity contribution is 7.13. The summed E-state index contributed by atoms with van der Waals surface area (Å²) >= 11 is 0. The Balaban J connectivity index is 1.95. The van der Waals surface area contributed by atoms with Crippen molar-refractivity contribution in [2.75, 3.05) is 6.61 Å². The van der Waals surface area contributed by atoms with E-state index in [2.05, 4.69) is 38.7 Å². The van der Waals surface area contributed by atoms with Crippen LogP contribution in [0.2, 0.25) is 0 Å². The number of hydrogen-bond acceptors (Lipinski definition) is 2. The first-order valence-corrected chi connectivity index (χ1v) is 5.09. The van der Waals surface area contributed by atoms with Gasteiger partial charge in [-0.25, -0.2) is 0 Å². The summed E-state index contributed by atoms with van der Waals surface area (Å²) in [6, 6.07) is 10.9. The zero-order chi connectivity index (χ0) is 9.10. The Morgan fingerprint density at radius 3 is 2.69 bits per heavy atom. The van der Waals surface area contributed by atoms with Gasteiger partial charge in [-0.1, -0.05) is 39.7 Å². The van der Waals surface area contributed by atoms with Crippen LogP contribution in [0.5, 0.6) is 0 Å². The molecule has 0 spiro atoms. The quantitative estimate of drug-likeness (QED) is 0.579. The molecule has 1 saturated heterocycles. The molecule has 1 aliphatic rings. The molecule has 1 aromatic rings. The third-order valence-corrected chi connectivity index (χ3v) is 2.75. The minimum absolute atomic E-state index is 0.415. The van der Waals surface area contributed by atoms with E-state index in [4.69, 9.17) is 4.74 Å². The van der Waals surface area contributed by atoms with Gasteiger partial charge in [0.05, 0.1) is 12.7 Å². The largest absolute Gasteiger partial charge is 0.371 e. The van der Waals surface area contributed by atoms with Gasteiger partial charge in [0.15, 0.2) is 0 Å². The first kappa shape index (κ1) is 9.14. The van der Waals surface area contributed by atoms with Crippen LogP contribution in [0.1, 0.15) is 5.56 Å². The lowest BCUT2D eigenvalue weighted by atomic mass is 10.0. The predicted octanol–water partition coefficient (Wildman–Crippen LogP) is 1.38. The number of epoxide rings is 1. The molecule has 70 valence electrons. The highest BCUT2D eigenvalue weighted by atomic mass is 31.0. The normalized spacial score (nSPS) is 22.7. The van der Waals surface area contributed by atoms with E-state index < -0.39 is 0 Å². The van der Waals surface area contributed by atoms with Crippen molar-refractivity contribution < 1.29 is 4.74 Å². The Morgan fingerprint density at radius 1 is 1.46 bits per heavy atom. The van der Waals surface area contributed by atoms with Gasteiger partial charge in [-0.15, -0.1) is 0 Å². The molecule has 1 aliphatic heterocycles. The molecule has 13 heavy (non-hydrogen) atoms. The van der Waals surface area contributed by atoms with Gasteiger partial charge < -0.3 is 4.74 Å². The first-order valence-electron chi connectivity index (χ1n) is 4.52. The zero-order valence-corrected chi connectivity index (χ0v) is 8.60. The first-order chi connectivity index (χ1) is 6.40. The van der Waals surface area contributed by atoms with Gasteiger partial charge in [0.25, 0.3) is 0 Å². The molecule has 2 nitrogen and oxygen atoms in total. The number of benzene rings is 1. The molecule has 0 amide bonds. The van der Waals surface area contributed by atoms with Crippen LogP contribution in [0.3, 0.4) is 0 Å². The van der Waals surface area contributed by atoms with Crippen LogP contribution >= 0.6 is 9.39 Å². The van der Waals surface area contributed by atoms with Gasteiger partial charge >= 0.3 is 0 Å². The zero-order valence-electron chi connectivity index (χ0n) is 7.44. The lowest BCUT2D eigenvalue weighted by Gasteiger charge is -2.12. The van der Waals surface area contributed by atoms with Gasteiger partial charge in [0.2, 0.25) is 0 Å². The van der Waals surface area contributed by atoms with Crippen molar-refractivity contribution in [3.63, 3.8) is 0 Å². The number of ether oxygens (including phenoxy) is 1. The lowest BCUT2D eigenvalue weighted by Crippen LogP contribution is -2.29. The van der Waals surface area contributed by atoms with Crippen LogP contribution in [-0.2, 0) is 11.2 Å². The topological polar surface area (TPSA) is 24.6 Å². The molecule has 0 bridgehead atoms. The smallest absolute Gasteiger partial charge is 0.0968 e. The third kappa shape index (κ3) is 2.50. The van der Waals surface area contributed by atoms with Crippen molar-refractivity contribution in [2.24, 2.45) is 0 Å². The van der Waals surface area contributed by atoms with E-state index in [9.17, 15) is 0 Å². The van der Waals surface area contributed by atoms with Crippen molar-refractivity contribution >= 4 is 9.39 Å². The third-order valence-electron chi connectivity index (χ3n) is 2.32. The Bertz CT molecular complexity index is 261. The molecular weight excluding hydrogens is 181 g/mol. The van der Waals surface area contributed by atoms with Crippen molar-refractivity contribution in [2.45, 2.75) is 18.6 Å². The summed E-state index contributed by atoms with van der Waals surface area (Å²) in [5.41, 5.74) is 1.36. The molecule has 2 unspecified atom stereocenters. The molecular formula is C10H14NOP. The maximum Gasteiger partial charge on any atom is 0.0968 e. The summed E-state index contributed by atoms with van der Waals surface area (Å²) in [5, 5.41) is 3.20. The van der Waals surface area contributed by atoms with Crippen molar-refractivity contribution in [1.29, 1.82) is 0 Å². The predicted molar refractivity (Wildman–Crippen MR) is 56.5 cm³/mol. The molecule has 1 fully saturated rings. The standard InChI is InChI=1S/C10H14NOP/c13-11-9(10-7-12-10)6-8-4-2-1-3-5-8/h1-5,9-11H,6-7,13H2/t9-,10?/m0/s1. The summed E-state index contributed by atoms with van der Waals surface area (Å²) in [6.45, 7) is 0.902. The Morgan fingerprint density at radius 2 is 2.15 bits per heavy atom. The fourth-order valence-corrected chi connectivity index (χ4v) is 1.79. The Kier molecular flexibility index (Phi) is 2.94. The number of rotatable bonds is 4. The van der Waals surface area contributed by atoms with Crippen LogP contribution in [0.25, 0.3) is 0 Å². The summed E-state index contributed by atoms with van der Waals surface area (Å²) in [6.07, 6.45) is 1.45. The van der Waals surface area contributed by atoms with Gasteiger partial charge in [-0.3, -0.25) is 5.09 Å². The summed E-state index contributed by atoms with van der Waals surface area (Å²) in [7, 11) is 2.57. The SMILES string of the molecule is PN[C@@H](Cc1ccccc1)C1CO1. The molecule has 0 saturated carbocycles. The highest BCUT2D eigenvalue weighted by Crippen LogP contribution is 2.18. The lowest BCUT2D eigenvalue weighted by molar-refractivity contribution is 0.363. The van der Waals surface area contributed by atoms with Crippen molar-refractivity contribution in [3.8, 4) is 0 Å². The van der Waals surface area contributed by atoms with E-state index in [1.54, 1.807) is 0 Å². The van der Waals surface area contributed by atoms with E-state index in [-0.39, 0.29) is 0 Å². The van der Waals surface area contributed by atoms with Gasteiger partial charge in [-0.2, -0.15) is 0 Å². The molecule has 1 aromatic carbocycles. The number of hydrogen-bond donors (Lipinski definition) is 1.